The lowest BCUT2D eigenvalue weighted by atomic mass is 9.61. The topological polar surface area (TPSA) is 191 Å². The van der Waals surface area contributed by atoms with E-state index in [1.807, 2.05) is 44.2 Å². The van der Waals surface area contributed by atoms with Crippen molar-refractivity contribution in [2.75, 3.05) is 19.6 Å². The van der Waals surface area contributed by atoms with Crippen molar-refractivity contribution in [1.29, 1.82) is 0 Å². The van der Waals surface area contributed by atoms with E-state index in [0.29, 0.717) is 45.3 Å². The van der Waals surface area contributed by atoms with Gasteiger partial charge in [-0.15, -0.1) is 0 Å². The number of aliphatic hydroxyl groups is 1. The SMILES string of the molecule is CC(C)C[C@H](NC(=O)OC1CC2(C1)CN(C(=O)Cc1ccccc1)C2)C(=O)N[C@@H](C[C@@H]1CCNC1=O)[C@@H](O)S(=O)(=O)O. The zero-order valence-corrected chi connectivity index (χ0v) is 24.6. The highest BCUT2D eigenvalue weighted by Gasteiger charge is 2.55. The number of hydrogen-bond acceptors (Lipinski definition) is 8. The van der Waals surface area contributed by atoms with Gasteiger partial charge in [0.05, 0.1) is 12.5 Å². The number of rotatable bonds is 12. The van der Waals surface area contributed by atoms with Crippen molar-refractivity contribution in [2.24, 2.45) is 17.3 Å². The zero-order valence-electron chi connectivity index (χ0n) is 23.8. The first-order chi connectivity index (χ1) is 19.7. The Bertz CT molecular complexity index is 1260. The van der Waals surface area contributed by atoms with Crippen molar-refractivity contribution in [1.82, 2.24) is 20.9 Å². The molecule has 1 saturated carbocycles. The van der Waals surface area contributed by atoms with E-state index in [1.54, 1.807) is 4.90 Å². The minimum Gasteiger partial charge on any atom is -0.446 e. The molecule has 0 aromatic heterocycles. The van der Waals surface area contributed by atoms with Gasteiger partial charge in [0.2, 0.25) is 23.2 Å². The van der Waals surface area contributed by atoms with Crippen molar-refractivity contribution >= 4 is 33.9 Å². The van der Waals surface area contributed by atoms with Gasteiger partial charge in [-0.3, -0.25) is 18.9 Å². The van der Waals surface area contributed by atoms with Crippen LogP contribution in [-0.4, -0.2) is 90.0 Å². The maximum Gasteiger partial charge on any atom is 0.408 e. The van der Waals surface area contributed by atoms with E-state index in [4.69, 9.17) is 4.74 Å². The summed E-state index contributed by atoms with van der Waals surface area (Å²) in [5, 5.41) is 17.8. The van der Waals surface area contributed by atoms with Crippen LogP contribution >= 0.6 is 0 Å². The molecule has 232 valence electrons. The van der Waals surface area contributed by atoms with Crippen LogP contribution in [0.1, 0.15) is 51.5 Å². The highest BCUT2D eigenvalue weighted by molar-refractivity contribution is 7.86. The normalized spacial score (nSPS) is 22.0. The van der Waals surface area contributed by atoms with Crippen molar-refractivity contribution in [3.8, 4) is 0 Å². The predicted octanol–water partition coefficient (Wildman–Crippen LogP) is 0.578. The van der Waals surface area contributed by atoms with Crippen LogP contribution in [0.25, 0.3) is 0 Å². The standard InChI is InChI=1S/C28H40N4O9S/c1-17(2)10-21(25(35)30-22(26(36)42(38,39)40)12-19-8-9-29-24(19)34)31-27(37)41-20-13-28(14-20)15-32(16-28)23(33)11-18-6-4-3-5-7-18/h3-7,17,19-22,26,36H,8-16H2,1-2H3,(H,29,34)(H,30,35)(H,31,37)(H,38,39,40)/t19-,21-,22-,26-/m0/s1. The smallest absolute Gasteiger partial charge is 0.408 e. The maximum absolute atomic E-state index is 13.2. The Morgan fingerprint density at radius 3 is 2.38 bits per heavy atom. The number of benzene rings is 1. The first-order valence-corrected chi connectivity index (χ1v) is 15.8. The van der Waals surface area contributed by atoms with Gasteiger partial charge in [-0.05, 0) is 43.6 Å². The second-order valence-corrected chi connectivity index (χ2v) is 13.7. The number of likely N-dealkylation sites (tertiary alicyclic amines) is 1. The number of aliphatic hydroxyl groups excluding tert-OH is 1. The van der Waals surface area contributed by atoms with E-state index in [2.05, 4.69) is 16.0 Å². The van der Waals surface area contributed by atoms with E-state index < -0.39 is 45.6 Å². The summed E-state index contributed by atoms with van der Waals surface area (Å²) in [6.45, 7) is 5.25. The van der Waals surface area contributed by atoms with Crippen LogP contribution < -0.4 is 16.0 Å². The predicted molar refractivity (Wildman–Crippen MR) is 150 cm³/mol. The van der Waals surface area contributed by atoms with E-state index in [9.17, 15) is 37.3 Å². The fourth-order valence-corrected chi connectivity index (χ4v) is 6.61. The van der Waals surface area contributed by atoms with Gasteiger partial charge < -0.3 is 30.7 Å². The van der Waals surface area contributed by atoms with E-state index in [-0.39, 0.29) is 42.1 Å². The summed E-state index contributed by atoms with van der Waals surface area (Å²) in [6.07, 6.45) is 0.715. The average molecular weight is 609 g/mol. The van der Waals surface area contributed by atoms with E-state index >= 15 is 0 Å². The molecule has 3 aliphatic rings. The Balaban J connectivity index is 1.27. The number of carbonyl (C=O) groups excluding carboxylic acids is 4. The number of nitrogens with one attached hydrogen (secondary N) is 3. The van der Waals surface area contributed by atoms with Gasteiger partial charge in [-0.2, -0.15) is 8.42 Å². The largest absolute Gasteiger partial charge is 0.446 e. The number of hydrogen-bond donors (Lipinski definition) is 5. The molecule has 0 bridgehead atoms. The Hall–Kier alpha value is -3.23. The van der Waals surface area contributed by atoms with Crippen LogP contribution in [0.3, 0.4) is 0 Å². The van der Waals surface area contributed by atoms with Crippen LogP contribution in [0.4, 0.5) is 4.79 Å². The second-order valence-electron chi connectivity index (χ2n) is 12.2. The first-order valence-electron chi connectivity index (χ1n) is 14.3. The molecule has 2 aliphatic heterocycles. The molecule has 0 radical (unpaired) electrons. The molecule has 4 amide bonds. The highest BCUT2D eigenvalue weighted by Crippen LogP contribution is 2.49. The number of amides is 4. The Kier molecular flexibility index (Phi) is 9.78. The summed E-state index contributed by atoms with van der Waals surface area (Å²) in [5.74, 6) is -1.76. The molecule has 4 rings (SSSR count). The number of alkyl carbamates (subject to hydrolysis) is 1. The molecular formula is C28H40N4O9S. The Morgan fingerprint density at radius 1 is 1.14 bits per heavy atom. The minimum atomic E-state index is -4.95. The molecule has 0 unspecified atom stereocenters. The van der Waals surface area contributed by atoms with Gasteiger partial charge in [0, 0.05) is 31.0 Å². The van der Waals surface area contributed by atoms with Gasteiger partial charge >= 0.3 is 6.09 Å². The quantitative estimate of drug-likeness (QED) is 0.211. The summed E-state index contributed by atoms with van der Waals surface area (Å²) in [6, 6.07) is 6.92. The number of nitrogens with zero attached hydrogens (tertiary/aromatic N) is 1. The molecule has 1 aromatic carbocycles. The lowest BCUT2D eigenvalue weighted by Crippen LogP contribution is -2.66. The van der Waals surface area contributed by atoms with Crippen LogP contribution in [0.5, 0.6) is 0 Å². The van der Waals surface area contributed by atoms with Crippen molar-refractivity contribution in [3.63, 3.8) is 0 Å². The molecule has 4 atom stereocenters. The number of carbonyl (C=O) groups is 4. The molecule has 2 saturated heterocycles. The molecule has 13 nitrogen and oxygen atoms in total. The summed E-state index contributed by atoms with van der Waals surface area (Å²) < 4.78 is 38.3. The third-order valence-electron chi connectivity index (χ3n) is 8.19. The molecule has 1 aliphatic carbocycles. The molecule has 14 heteroatoms. The van der Waals surface area contributed by atoms with E-state index in [1.165, 1.54) is 0 Å². The lowest BCUT2D eigenvalue weighted by molar-refractivity contribution is -0.162. The van der Waals surface area contributed by atoms with Gasteiger partial charge in [-0.1, -0.05) is 44.2 Å². The zero-order chi connectivity index (χ0) is 30.7. The van der Waals surface area contributed by atoms with Gasteiger partial charge in [0.25, 0.3) is 10.1 Å². The summed E-state index contributed by atoms with van der Waals surface area (Å²) in [5.41, 5.74) is -1.47. The molecular weight excluding hydrogens is 568 g/mol. The summed E-state index contributed by atoms with van der Waals surface area (Å²) in [4.78, 5) is 52.3. The monoisotopic (exact) mass is 608 g/mol. The molecule has 3 fully saturated rings. The molecule has 5 N–H and O–H groups in total. The molecule has 2 heterocycles. The summed E-state index contributed by atoms with van der Waals surface area (Å²) in [7, 11) is -4.95. The lowest BCUT2D eigenvalue weighted by Gasteiger charge is -2.58. The molecule has 42 heavy (non-hydrogen) atoms. The maximum atomic E-state index is 13.2. The Labute approximate surface area is 245 Å². The fraction of sp³-hybridized carbons (Fsp3) is 0.643. The minimum absolute atomic E-state index is 0.0482. The third kappa shape index (κ3) is 7.98. The van der Waals surface area contributed by atoms with Crippen LogP contribution in [0.15, 0.2) is 30.3 Å². The number of ether oxygens (including phenoxy) is 1. The van der Waals surface area contributed by atoms with Crippen LogP contribution in [-0.2, 0) is 35.7 Å². The summed E-state index contributed by atoms with van der Waals surface area (Å²) >= 11 is 0. The van der Waals surface area contributed by atoms with Gasteiger partial charge in [-0.25, -0.2) is 4.79 Å². The second kappa shape index (κ2) is 13.0. The van der Waals surface area contributed by atoms with Gasteiger partial charge in [0.15, 0.2) is 0 Å². The van der Waals surface area contributed by atoms with Crippen molar-refractivity contribution in [3.05, 3.63) is 35.9 Å². The van der Waals surface area contributed by atoms with E-state index in [0.717, 1.165) is 5.56 Å². The average Bonchev–Trinajstić information content (AvgIpc) is 3.27. The van der Waals surface area contributed by atoms with Gasteiger partial charge in [0.1, 0.15) is 12.1 Å². The first kappa shape index (κ1) is 31.7. The van der Waals surface area contributed by atoms with Crippen molar-refractivity contribution < 1.29 is 42.0 Å². The molecule has 1 spiro atoms. The van der Waals surface area contributed by atoms with Crippen LogP contribution in [0, 0.1) is 17.3 Å². The van der Waals surface area contributed by atoms with Crippen LogP contribution in [0.2, 0.25) is 0 Å². The fourth-order valence-electron chi connectivity index (χ4n) is 6.01. The Morgan fingerprint density at radius 2 is 1.81 bits per heavy atom. The molecule has 1 aromatic rings. The third-order valence-corrected chi connectivity index (χ3v) is 9.13. The van der Waals surface area contributed by atoms with Crippen molar-refractivity contribution in [2.45, 2.75) is 76.0 Å². The highest BCUT2D eigenvalue weighted by atomic mass is 32.2.